The molecule has 2 rings (SSSR count). The van der Waals surface area contributed by atoms with Crippen LogP contribution in [0.25, 0.3) is 0 Å². The molecular weight excluding hydrogens is 200 g/mol. The van der Waals surface area contributed by atoms with Crippen LogP contribution in [0.1, 0.15) is 51.3 Å². The molecule has 0 spiro atoms. The Morgan fingerprint density at radius 3 is 3.12 bits per heavy atom. The maximum Gasteiger partial charge on any atom is 0.111 e. The number of imidazole rings is 1. The van der Waals surface area contributed by atoms with Crippen LogP contribution in [0.15, 0.2) is 12.4 Å². The molecule has 2 heterocycles. The molecule has 0 aliphatic carbocycles. The van der Waals surface area contributed by atoms with Gasteiger partial charge in [-0.2, -0.15) is 0 Å². The van der Waals surface area contributed by atoms with Gasteiger partial charge >= 0.3 is 0 Å². The summed E-state index contributed by atoms with van der Waals surface area (Å²) in [6, 6.07) is 0. The second-order valence-electron chi connectivity index (χ2n) is 4.91. The molecule has 3 heteroatoms. The fourth-order valence-corrected chi connectivity index (χ4v) is 2.37. The van der Waals surface area contributed by atoms with Gasteiger partial charge in [0.1, 0.15) is 5.82 Å². The van der Waals surface area contributed by atoms with Crippen molar-refractivity contribution in [3.63, 3.8) is 0 Å². The lowest BCUT2D eigenvalue weighted by Gasteiger charge is -2.12. The summed E-state index contributed by atoms with van der Waals surface area (Å²) in [5.41, 5.74) is 0. The van der Waals surface area contributed by atoms with E-state index in [1.165, 1.54) is 31.5 Å². The summed E-state index contributed by atoms with van der Waals surface area (Å²) in [6.45, 7) is 6.43. The number of ether oxygens (including phenoxy) is 1. The van der Waals surface area contributed by atoms with Crippen molar-refractivity contribution in [3.05, 3.63) is 18.2 Å². The summed E-state index contributed by atoms with van der Waals surface area (Å²) < 4.78 is 7.90. The van der Waals surface area contributed by atoms with Crippen molar-refractivity contribution in [2.75, 3.05) is 6.61 Å². The van der Waals surface area contributed by atoms with Gasteiger partial charge in [-0.05, 0) is 25.7 Å². The van der Waals surface area contributed by atoms with Crippen molar-refractivity contribution in [3.8, 4) is 0 Å². The van der Waals surface area contributed by atoms with Crippen molar-refractivity contribution in [2.24, 2.45) is 0 Å². The molecule has 0 aromatic carbocycles. The molecule has 0 N–H and O–H groups in total. The van der Waals surface area contributed by atoms with Gasteiger partial charge in [0, 0.05) is 31.5 Å². The molecule has 0 radical (unpaired) electrons. The second-order valence-corrected chi connectivity index (χ2v) is 4.91. The van der Waals surface area contributed by atoms with Crippen LogP contribution in [0.5, 0.6) is 0 Å². The molecule has 0 saturated carbocycles. The lowest BCUT2D eigenvalue weighted by molar-refractivity contribution is 0.101. The monoisotopic (exact) mass is 222 g/mol. The van der Waals surface area contributed by atoms with Crippen LogP contribution >= 0.6 is 0 Å². The molecule has 0 bridgehead atoms. The molecule has 1 aromatic rings. The molecule has 1 unspecified atom stereocenters. The van der Waals surface area contributed by atoms with Crippen molar-refractivity contribution in [1.82, 2.24) is 9.55 Å². The van der Waals surface area contributed by atoms with Gasteiger partial charge in [0.2, 0.25) is 0 Å². The highest BCUT2D eigenvalue weighted by atomic mass is 16.5. The van der Waals surface area contributed by atoms with Crippen molar-refractivity contribution in [2.45, 2.75) is 58.1 Å². The van der Waals surface area contributed by atoms with E-state index in [0.717, 1.165) is 13.2 Å². The number of aryl methyl sites for hydroxylation is 1. The first-order valence-electron chi connectivity index (χ1n) is 6.40. The van der Waals surface area contributed by atoms with Crippen molar-refractivity contribution >= 4 is 0 Å². The second kappa shape index (κ2) is 5.48. The Morgan fingerprint density at radius 2 is 2.44 bits per heavy atom. The Bertz CT molecular complexity index is 313. The maximum atomic E-state index is 5.63. The van der Waals surface area contributed by atoms with Gasteiger partial charge in [0.15, 0.2) is 0 Å². The summed E-state index contributed by atoms with van der Waals surface area (Å²) in [5.74, 6) is 1.71. The third kappa shape index (κ3) is 2.85. The first-order valence-corrected chi connectivity index (χ1v) is 6.40. The fourth-order valence-electron chi connectivity index (χ4n) is 2.37. The van der Waals surface area contributed by atoms with E-state index in [9.17, 15) is 0 Å². The van der Waals surface area contributed by atoms with Crippen LogP contribution in [0.2, 0.25) is 0 Å². The molecule has 0 amide bonds. The number of hydrogen-bond acceptors (Lipinski definition) is 2. The van der Waals surface area contributed by atoms with Crippen LogP contribution < -0.4 is 0 Å². The van der Waals surface area contributed by atoms with Gasteiger partial charge in [-0.1, -0.05) is 13.8 Å². The van der Waals surface area contributed by atoms with E-state index in [1.807, 2.05) is 6.20 Å². The van der Waals surface area contributed by atoms with Crippen LogP contribution in [-0.4, -0.2) is 22.3 Å². The first kappa shape index (κ1) is 11.6. The largest absolute Gasteiger partial charge is 0.378 e. The normalized spacial score (nSPS) is 20.8. The van der Waals surface area contributed by atoms with Crippen LogP contribution in [0.3, 0.4) is 0 Å². The minimum Gasteiger partial charge on any atom is -0.378 e. The molecule has 1 aliphatic rings. The van der Waals surface area contributed by atoms with Gasteiger partial charge in [-0.3, -0.25) is 0 Å². The Labute approximate surface area is 97.8 Å². The lowest BCUT2D eigenvalue weighted by atomic mass is 10.1. The molecule has 3 nitrogen and oxygen atoms in total. The van der Waals surface area contributed by atoms with E-state index < -0.39 is 0 Å². The van der Waals surface area contributed by atoms with Crippen LogP contribution in [0.4, 0.5) is 0 Å². The van der Waals surface area contributed by atoms with E-state index in [4.69, 9.17) is 4.74 Å². The Balaban J connectivity index is 1.78. The number of aromatic nitrogens is 2. The molecule has 90 valence electrons. The van der Waals surface area contributed by atoms with E-state index >= 15 is 0 Å². The quantitative estimate of drug-likeness (QED) is 0.766. The predicted octanol–water partition coefficient (Wildman–Crippen LogP) is 2.97. The van der Waals surface area contributed by atoms with Gasteiger partial charge in [-0.25, -0.2) is 4.98 Å². The van der Waals surface area contributed by atoms with Gasteiger partial charge in [0.05, 0.1) is 6.10 Å². The smallest absolute Gasteiger partial charge is 0.111 e. The summed E-state index contributed by atoms with van der Waals surface area (Å²) in [7, 11) is 0. The minimum absolute atomic E-state index is 0.512. The molecular formula is C13H22N2O. The molecule has 1 aliphatic heterocycles. The Morgan fingerprint density at radius 1 is 1.56 bits per heavy atom. The number of nitrogens with zero attached hydrogens (tertiary/aromatic N) is 2. The van der Waals surface area contributed by atoms with Gasteiger partial charge in [-0.15, -0.1) is 0 Å². The fraction of sp³-hybridized carbons (Fsp3) is 0.769. The zero-order valence-electron chi connectivity index (χ0n) is 10.4. The van der Waals surface area contributed by atoms with Crippen molar-refractivity contribution in [1.29, 1.82) is 0 Å². The Kier molecular flexibility index (Phi) is 3.99. The highest BCUT2D eigenvalue weighted by Gasteiger charge is 2.15. The SMILES string of the molecule is CC(C)c1nccn1CCCC1CCCO1. The summed E-state index contributed by atoms with van der Waals surface area (Å²) in [6.07, 6.45) is 9.39. The molecule has 1 aromatic heterocycles. The zero-order valence-corrected chi connectivity index (χ0v) is 10.4. The van der Waals surface area contributed by atoms with E-state index in [2.05, 4.69) is 29.6 Å². The highest BCUT2D eigenvalue weighted by molar-refractivity contribution is 4.97. The first-order chi connectivity index (χ1) is 7.77. The third-order valence-electron chi connectivity index (χ3n) is 3.21. The summed E-state index contributed by atoms with van der Waals surface area (Å²) in [4.78, 5) is 4.40. The minimum atomic E-state index is 0.512. The van der Waals surface area contributed by atoms with Gasteiger partial charge < -0.3 is 9.30 Å². The maximum absolute atomic E-state index is 5.63. The average Bonchev–Trinajstić information content (AvgIpc) is 2.87. The molecule has 1 saturated heterocycles. The van der Waals surface area contributed by atoms with Gasteiger partial charge in [0.25, 0.3) is 0 Å². The lowest BCUT2D eigenvalue weighted by Crippen LogP contribution is -2.09. The van der Waals surface area contributed by atoms with Crippen LogP contribution in [0, 0.1) is 0 Å². The van der Waals surface area contributed by atoms with Crippen LogP contribution in [-0.2, 0) is 11.3 Å². The topological polar surface area (TPSA) is 27.1 Å². The zero-order chi connectivity index (χ0) is 11.4. The van der Waals surface area contributed by atoms with E-state index in [0.29, 0.717) is 12.0 Å². The Hall–Kier alpha value is -0.830. The number of hydrogen-bond donors (Lipinski definition) is 0. The molecule has 16 heavy (non-hydrogen) atoms. The number of rotatable bonds is 5. The third-order valence-corrected chi connectivity index (χ3v) is 3.21. The molecule has 1 atom stereocenters. The summed E-state index contributed by atoms with van der Waals surface area (Å²) >= 11 is 0. The standard InChI is InChI=1S/C13H22N2O/c1-11(2)13-14-7-9-15(13)8-3-5-12-6-4-10-16-12/h7,9,11-12H,3-6,8,10H2,1-2H3. The summed E-state index contributed by atoms with van der Waals surface area (Å²) in [5, 5.41) is 0. The van der Waals surface area contributed by atoms with E-state index in [-0.39, 0.29) is 0 Å². The molecule has 1 fully saturated rings. The highest BCUT2D eigenvalue weighted by Crippen LogP contribution is 2.18. The van der Waals surface area contributed by atoms with E-state index in [1.54, 1.807) is 0 Å². The average molecular weight is 222 g/mol. The predicted molar refractivity (Wildman–Crippen MR) is 64.5 cm³/mol. The van der Waals surface area contributed by atoms with Crippen molar-refractivity contribution < 1.29 is 4.74 Å².